The minimum absolute atomic E-state index is 0.0755. The van der Waals surface area contributed by atoms with Crippen molar-refractivity contribution in [1.82, 2.24) is 20.4 Å². The van der Waals surface area contributed by atoms with Crippen LogP contribution in [0.5, 0.6) is 0 Å². The molecule has 104 valence electrons. The SMILES string of the molecule is O=C(Nc1ccn([C@@H]2CCNC2)n1)[C@@]1(F)CCNC1. The minimum Gasteiger partial charge on any atom is -0.315 e. The molecule has 3 rings (SSSR count). The van der Waals surface area contributed by atoms with Gasteiger partial charge in [-0.2, -0.15) is 5.10 Å². The van der Waals surface area contributed by atoms with Crippen molar-refractivity contribution in [2.45, 2.75) is 24.6 Å². The fourth-order valence-electron chi connectivity index (χ4n) is 2.56. The molecule has 2 fully saturated rings. The van der Waals surface area contributed by atoms with E-state index in [1.165, 1.54) is 0 Å². The Morgan fingerprint density at radius 2 is 2.42 bits per heavy atom. The lowest BCUT2D eigenvalue weighted by atomic mass is 10.1. The van der Waals surface area contributed by atoms with Gasteiger partial charge >= 0.3 is 0 Å². The molecule has 19 heavy (non-hydrogen) atoms. The highest BCUT2D eigenvalue weighted by Crippen LogP contribution is 2.22. The van der Waals surface area contributed by atoms with Crippen molar-refractivity contribution in [1.29, 1.82) is 0 Å². The predicted molar refractivity (Wildman–Crippen MR) is 68.7 cm³/mol. The van der Waals surface area contributed by atoms with E-state index in [1.54, 1.807) is 6.07 Å². The van der Waals surface area contributed by atoms with E-state index in [0.29, 0.717) is 18.4 Å². The third-order valence-corrected chi connectivity index (χ3v) is 3.77. The Bertz CT molecular complexity index is 462. The quantitative estimate of drug-likeness (QED) is 0.724. The molecule has 1 aromatic rings. The largest absolute Gasteiger partial charge is 0.315 e. The van der Waals surface area contributed by atoms with Crippen molar-refractivity contribution < 1.29 is 9.18 Å². The molecular formula is C12H18FN5O. The molecule has 3 N–H and O–H groups in total. The highest BCUT2D eigenvalue weighted by atomic mass is 19.1. The highest BCUT2D eigenvalue weighted by molar-refractivity contribution is 5.97. The van der Waals surface area contributed by atoms with Crippen molar-refractivity contribution in [2.75, 3.05) is 31.5 Å². The number of rotatable bonds is 3. The van der Waals surface area contributed by atoms with Crippen LogP contribution in [0.1, 0.15) is 18.9 Å². The predicted octanol–water partition coefficient (Wildman–Crippen LogP) is 0.0576. The molecule has 0 saturated carbocycles. The number of hydrogen-bond donors (Lipinski definition) is 3. The molecule has 1 amide bonds. The maximum absolute atomic E-state index is 14.2. The lowest BCUT2D eigenvalue weighted by molar-refractivity contribution is -0.126. The van der Waals surface area contributed by atoms with Gasteiger partial charge in [0.05, 0.1) is 6.04 Å². The lowest BCUT2D eigenvalue weighted by Crippen LogP contribution is -2.40. The second kappa shape index (κ2) is 4.90. The molecule has 2 saturated heterocycles. The Labute approximate surface area is 110 Å². The van der Waals surface area contributed by atoms with Crippen LogP contribution in [0.2, 0.25) is 0 Å². The molecule has 0 aliphatic carbocycles. The number of halogens is 1. The summed E-state index contributed by atoms with van der Waals surface area (Å²) < 4.78 is 16.0. The van der Waals surface area contributed by atoms with Crippen LogP contribution in [0.25, 0.3) is 0 Å². The summed E-state index contributed by atoms with van der Waals surface area (Å²) >= 11 is 0. The average molecular weight is 267 g/mol. The van der Waals surface area contributed by atoms with Crippen LogP contribution in [0.3, 0.4) is 0 Å². The number of aromatic nitrogens is 2. The Morgan fingerprint density at radius 3 is 3.11 bits per heavy atom. The second-order valence-electron chi connectivity index (χ2n) is 5.17. The van der Waals surface area contributed by atoms with Gasteiger partial charge in [-0.15, -0.1) is 0 Å². The first-order chi connectivity index (χ1) is 9.17. The minimum atomic E-state index is -1.81. The number of hydrogen-bond acceptors (Lipinski definition) is 4. The summed E-state index contributed by atoms with van der Waals surface area (Å²) in [5.41, 5.74) is -1.81. The van der Waals surface area contributed by atoms with Crippen LogP contribution >= 0.6 is 0 Å². The van der Waals surface area contributed by atoms with Crippen molar-refractivity contribution in [2.24, 2.45) is 0 Å². The summed E-state index contributed by atoms with van der Waals surface area (Å²) in [4.78, 5) is 11.9. The summed E-state index contributed by atoms with van der Waals surface area (Å²) in [7, 11) is 0. The molecule has 0 aromatic carbocycles. The number of carbonyl (C=O) groups is 1. The first-order valence-electron chi connectivity index (χ1n) is 6.64. The van der Waals surface area contributed by atoms with Gasteiger partial charge in [-0.3, -0.25) is 9.48 Å². The fourth-order valence-corrected chi connectivity index (χ4v) is 2.56. The Hall–Kier alpha value is -1.47. The molecule has 3 heterocycles. The van der Waals surface area contributed by atoms with Crippen LogP contribution in [-0.4, -0.2) is 47.5 Å². The Morgan fingerprint density at radius 1 is 1.53 bits per heavy atom. The second-order valence-corrected chi connectivity index (χ2v) is 5.17. The molecule has 0 bridgehead atoms. The number of alkyl halides is 1. The van der Waals surface area contributed by atoms with Gasteiger partial charge < -0.3 is 16.0 Å². The van der Waals surface area contributed by atoms with Gasteiger partial charge in [0.15, 0.2) is 5.82 Å². The summed E-state index contributed by atoms with van der Waals surface area (Å²) in [5, 5.41) is 13.0. The smallest absolute Gasteiger partial charge is 0.264 e. The highest BCUT2D eigenvalue weighted by Gasteiger charge is 2.41. The van der Waals surface area contributed by atoms with Crippen molar-refractivity contribution >= 4 is 11.7 Å². The Balaban J connectivity index is 1.65. The molecular weight excluding hydrogens is 249 g/mol. The van der Waals surface area contributed by atoms with Gasteiger partial charge in [-0.05, 0) is 19.5 Å². The van der Waals surface area contributed by atoms with Crippen LogP contribution in [0.15, 0.2) is 12.3 Å². The number of nitrogens with zero attached hydrogens (tertiary/aromatic N) is 2. The molecule has 7 heteroatoms. The van der Waals surface area contributed by atoms with Crippen LogP contribution < -0.4 is 16.0 Å². The maximum atomic E-state index is 14.2. The third kappa shape index (κ3) is 2.48. The van der Waals surface area contributed by atoms with E-state index in [0.717, 1.165) is 19.5 Å². The number of amides is 1. The Kier molecular flexibility index (Phi) is 3.24. The van der Waals surface area contributed by atoms with E-state index < -0.39 is 11.6 Å². The maximum Gasteiger partial charge on any atom is 0.264 e. The zero-order valence-electron chi connectivity index (χ0n) is 10.7. The third-order valence-electron chi connectivity index (χ3n) is 3.77. The summed E-state index contributed by atoms with van der Waals surface area (Å²) in [6.45, 7) is 2.47. The van der Waals surface area contributed by atoms with Crippen molar-refractivity contribution in [3.63, 3.8) is 0 Å². The summed E-state index contributed by atoms with van der Waals surface area (Å²) in [6, 6.07) is 2.03. The zero-order chi connectivity index (χ0) is 13.3. The first-order valence-corrected chi connectivity index (χ1v) is 6.64. The van der Waals surface area contributed by atoms with Gasteiger partial charge in [0.25, 0.3) is 5.91 Å². The normalized spacial score (nSPS) is 30.7. The van der Waals surface area contributed by atoms with Crippen LogP contribution in [0.4, 0.5) is 10.2 Å². The van der Waals surface area contributed by atoms with E-state index in [2.05, 4.69) is 21.0 Å². The van der Waals surface area contributed by atoms with E-state index in [-0.39, 0.29) is 13.0 Å². The van der Waals surface area contributed by atoms with Gasteiger partial charge in [-0.25, -0.2) is 4.39 Å². The van der Waals surface area contributed by atoms with Crippen LogP contribution in [-0.2, 0) is 4.79 Å². The molecule has 2 atom stereocenters. The molecule has 6 nitrogen and oxygen atoms in total. The van der Waals surface area contributed by atoms with E-state index in [9.17, 15) is 9.18 Å². The standard InChI is InChI=1S/C12H18FN5O/c13-12(3-5-15-8-12)11(19)16-10-2-6-18(17-10)9-1-4-14-7-9/h2,6,9,14-15H,1,3-5,7-8H2,(H,16,17,19)/t9-,12-/m1/s1. The van der Waals surface area contributed by atoms with Gasteiger partial charge in [0.1, 0.15) is 0 Å². The van der Waals surface area contributed by atoms with Crippen molar-refractivity contribution in [3.8, 4) is 0 Å². The topological polar surface area (TPSA) is 71.0 Å². The van der Waals surface area contributed by atoms with E-state index in [4.69, 9.17) is 0 Å². The summed E-state index contributed by atoms with van der Waals surface area (Å²) in [6.07, 6.45) is 3.06. The molecule has 0 radical (unpaired) electrons. The zero-order valence-corrected chi connectivity index (χ0v) is 10.7. The molecule has 2 aliphatic rings. The summed E-state index contributed by atoms with van der Waals surface area (Å²) in [5.74, 6) is -0.187. The number of nitrogens with one attached hydrogen (secondary N) is 3. The average Bonchev–Trinajstić information content (AvgIpc) is 3.08. The van der Waals surface area contributed by atoms with E-state index >= 15 is 0 Å². The monoisotopic (exact) mass is 267 g/mol. The molecule has 1 aromatic heterocycles. The van der Waals surface area contributed by atoms with Gasteiger partial charge in [0.2, 0.25) is 5.67 Å². The molecule has 0 unspecified atom stereocenters. The first kappa shape index (κ1) is 12.6. The van der Waals surface area contributed by atoms with Gasteiger partial charge in [-0.1, -0.05) is 0 Å². The fraction of sp³-hybridized carbons (Fsp3) is 0.667. The van der Waals surface area contributed by atoms with Gasteiger partial charge in [0, 0.05) is 31.8 Å². The van der Waals surface area contributed by atoms with Crippen molar-refractivity contribution in [3.05, 3.63) is 12.3 Å². The molecule has 2 aliphatic heterocycles. The molecule has 0 spiro atoms. The number of anilines is 1. The van der Waals surface area contributed by atoms with Crippen LogP contribution in [0, 0.1) is 0 Å². The van der Waals surface area contributed by atoms with E-state index in [1.807, 2.05) is 10.9 Å². The lowest BCUT2D eigenvalue weighted by Gasteiger charge is -2.16. The number of carbonyl (C=O) groups excluding carboxylic acids is 1.